The summed E-state index contributed by atoms with van der Waals surface area (Å²) in [4.78, 5) is 24.9. The SMILES string of the molecule is CCN(CC)C(=O)CNC(=O)c1ccccc1F. The molecule has 0 aromatic heterocycles. The third-order valence-corrected chi connectivity index (χ3v) is 2.63. The molecule has 0 aliphatic rings. The molecule has 0 aliphatic heterocycles. The molecule has 0 heterocycles. The van der Waals surface area contributed by atoms with E-state index in [2.05, 4.69) is 5.32 Å². The maximum Gasteiger partial charge on any atom is 0.254 e. The first-order chi connectivity index (χ1) is 8.60. The van der Waals surface area contributed by atoms with E-state index in [1.165, 1.54) is 18.2 Å². The van der Waals surface area contributed by atoms with E-state index in [-0.39, 0.29) is 18.0 Å². The summed E-state index contributed by atoms with van der Waals surface area (Å²) in [5, 5.41) is 2.42. The van der Waals surface area contributed by atoms with Crippen molar-refractivity contribution in [2.24, 2.45) is 0 Å². The smallest absolute Gasteiger partial charge is 0.254 e. The second kappa shape index (κ2) is 6.74. The van der Waals surface area contributed by atoms with Crippen LogP contribution in [0.3, 0.4) is 0 Å². The van der Waals surface area contributed by atoms with Crippen LogP contribution in [-0.2, 0) is 4.79 Å². The van der Waals surface area contributed by atoms with Gasteiger partial charge in [-0.3, -0.25) is 9.59 Å². The summed E-state index contributed by atoms with van der Waals surface area (Å²) in [6.07, 6.45) is 0. The highest BCUT2D eigenvalue weighted by atomic mass is 19.1. The summed E-state index contributed by atoms with van der Waals surface area (Å²) >= 11 is 0. The molecule has 0 bridgehead atoms. The number of carbonyl (C=O) groups is 2. The highest BCUT2D eigenvalue weighted by molar-refractivity contribution is 5.96. The Bertz CT molecular complexity index is 431. The molecule has 1 aromatic rings. The average Bonchev–Trinajstić information content (AvgIpc) is 2.38. The minimum atomic E-state index is -0.592. The molecule has 98 valence electrons. The Morgan fingerprint density at radius 1 is 1.22 bits per heavy atom. The molecule has 0 atom stereocenters. The molecule has 0 saturated heterocycles. The molecule has 0 aliphatic carbocycles. The number of carbonyl (C=O) groups excluding carboxylic acids is 2. The summed E-state index contributed by atoms with van der Waals surface area (Å²) < 4.78 is 13.3. The minimum absolute atomic E-state index is 0.0511. The zero-order chi connectivity index (χ0) is 13.5. The number of likely N-dealkylation sites (N-methyl/N-ethyl adjacent to an activating group) is 1. The molecule has 0 radical (unpaired) electrons. The Morgan fingerprint density at radius 3 is 2.39 bits per heavy atom. The van der Waals surface area contributed by atoms with Crippen molar-refractivity contribution in [1.29, 1.82) is 0 Å². The van der Waals surface area contributed by atoms with Crippen molar-refractivity contribution in [3.05, 3.63) is 35.6 Å². The van der Waals surface area contributed by atoms with Crippen LogP contribution < -0.4 is 5.32 Å². The van der Waals surface area contributed by atoms with Gasteiger partial charge in [0.05, 0.1) is 12.1 Å². The molecule has 2 amide bonds. The van der Waals surface area contributed by atoms with Crippen LogP contribution in [0.4, 0.5) is 4.39 Å². The molecule has 4 nitrogen and oxygen atoms in total. The quantitative estimate of drug-likeness (QED) is 0.861. The van der Waals surface area contributed by atoms with Gasteiger partial charge < -0.3 is 10.2 Å². The number of amides is 2. The van der Waals surface area contributed by atoms with Crippen molar-refractivity contribution in [3.63, 3.8) is 0 Å². The van der Waals surface area contributed by atoms with E-state index in [4.69, 9.17) is 0 Å². The predicted octanol–water partition coefficient (Wildman–Crippen LogP) is 1.42. The van der Waals surface area contributed by atoms with Gasteiger partial charge in [0.15, 0.2) is 0 Å². The zero-order valence-electron chi connectivity index (χ0n) is 10.6. The lowest BCUT2D eigenvalue weighted by Crippen LogP contribution is -2.40. The Hall–Kier alpha value is -1.91. The number of hydrogen-bond acceptors (Lipinski definition) is 2. The fraction of sp³-hybridized carbons (Fsp3) is 0.385. The van der Waals surface area contributed by atoms with Crippen molar-refractivity contribution in [2.75, 3.05) is 19.6 Å². The number of benzene rings is 1. The molecule has 0 saturated carbocycles. The number of nitrogens with zero attached hydrogens (tertiary/aromatic N) is 1. The van der Waals surface area contributed by atoms with Gasteiger partial charge in [-0.15, -0.1) is 0 Å². The van der Waals surface area contributed by atoms with Crippen LogP contribution in [0.5, 0.6) is 0 Å². The predicted molar refractivity (Wildman–Crippen MR) is 66.7 cm³/mol. The fourth-order valence-electron chi connectivity index (χ4n) is 1.58. The van der Waals surface area contributed by atoms with Crippen LogP contribution >= 0.6 is 0 Å². The Labute approximate surface area is 106 Å². The highest BCUT2D eigenvalue weighted by Gasteiger charge is 2.14. The van der Waals surface area contributed by atoms with Crippen molar-refractivity contribution in [2.45, 2.75) is 13.8 Å². The van der Waals surface area contributed by atoms with Gasteiger partial charge in [-0.05, 0) is 26.0 Å². The number of rotatable bonds is 5. The number of nitrogens with one attached hydrogen (secondary N) is 1. The van der Waals surface area contributed by atoms with Gasteiger partial charge in [-0.1, -0.05) is 12.1 Å². The monoisotopic (exact) mass is 252 g/mol. The standard InChI is InChI=1S/C13H17FN2O2/c1-3-16(4-2)12(17)9-15-13(18)10-7-5-6-8-11(10)14/h5-8H,3-4,9H2,1-2H3,(H,15,18). The maximum absolute atomic E-state index is 13.3. The molecule has 0 spiro atoms. The van der Waals surface area contributed by atoms with E-state index in [1.54, 1.807) is 11.0 Å². The normalized spacial score (nSPS) is 9.94. The van der Waals surface area contributed by atoms with Gasteiger partial charge >= 0.3 is 0 Å². The lowest BCUT2D eigenvalue weighted by atomic mass is 10.2. The van der Waals surface area contributed by atoms with Gasteiger partial charge in [-0.2, -0.15) is 0 Å². The van der Waals surface area contributed by atoms with Gasteiger partial charge in [0.2, 0.25) is 5.91 Å². The van der Waals surface area contributed by atoms with E-state index in [0.29, 0.717) is 13.1 Å². The van der Waals surface area contributed by atoms with Crippen molar-refractivity contribution in [1.82, 2.24) is 10.2 Å². The molecule has 5 heteroatoms. The summed E-state index contributed by atoms with van der Waals surface area (Å²) in [6, 6.07) is 5.67. The largest absolute Gasteiger partial charge is 0.343 e. The molecule has 0 unspecified atom stereocenters. The lowest BCUT2D eigenvalue weighted by Gasteiger charge is -2.18. The highest BCUT2D eigenvalue weighted by Crippen LogP contribution is 2.05. The second-order valence-electron chi connectivity index (χ2n) is 3.73. The molecule has 0 fully saturated rings. The zero-order valence-corrected chi connectivity index (χ0v) is 10.6. The van der Waals surface area contributed by atoms with Gasteiger partial charge in [0, 0.05) is 13.1 Å². The van der Waals surface area contributed by atoms with Crippen molar-refractivity contribution >= 4 is 11.8 Å². The van der Waals surface area contributed by atoms with Crippen molar-refractivity contribution < 1.29 is 14.0 Å². The third-order valence-electron chi connectivity index (χ3n) is 2.63. The van der Waals surface area contributed by atoms with E-state index in [1.807, 2.05) is 13.8 Å². The Balaban J connectivity index is 2.57. The van der Waals surface area contributed by atoms with E-state index in [9.17, 15) is 14.0 Å². The molecule has 1 N–H and O–H groups in total. The molecule has 1 aromatic carbocycles. The summed E-state index contributed by atoms with van der Waals surface area (Å²) in [5.41, 5.74) is -0.0511. The molecular formula is C13H17FN2O2. The van der Waals surface area contributed by atoms with Crippen molar-refractivity contribution in [3.8, 4) is 0 Å². The molecule has 1 rings (SSSR count). The van der Waals surface area contributed by atoms with Gasteiger partial charge in [-0.25, -0.2) is 4.39 Å². The Morgan fingerprint density at radius 2 is 1.83 bits per heavy atom. The molecule has 18 heavy (non-hydrogen) atoms. The van der Waals surface area contributed by atoms with Crippen LogP contribution in [0.15, 0.2) is 24.3 Å². The lowest BCUT2D eigenvalue weighted by molar-refractivity contribution is -0.129. The van der Waals surface area contributed by atoms with Gasteiger partial charge in [0.25, 0.3) is 5.91 Å². The first-order valence-corrected chi connectivity index (χ1v) is 5.90. The van der Waals surface area contributed by atoms with Gasteiger partial charge in [0.1, 0.15) is 5.82 Å². The van der Waals surface area contributed by atoms with Crippen LogP contribution in [0, 0.1) is 5.82 Å². The van der Waals surface area contributed by atoms with Crippen LogP contribution in [0.2, 0.25) is 0 Å². The fourth-order valence-corrected chi connectivity index (χ4v) is 1.58. The summed E-state index contributed by atoms with van der Waals surface area (Å²) in [6.45, 7) is 4.78. The maximum atomic E-state index is 13.3. The van der Waals surface area contributed by atoms with Crippen LogP contribution in [-0.4, -0.2) is 36.3 Å². The van der Waals surface area contributed by atoms with Crippen LogP contribution in [0.25, 0.3) is 0 Å². The van der Waals surface area contributed by atoms with E-state index < -0.39 is 11.7 Å². The van der Waals surface area contributed by atoms with E-state index in [0.717, 1.165) is 0 Å². The van der Waals surface area contributed by atoms with Crippen LogP contribution in [0.1, 0.15) is 24.2 Å². The number of halogens is 1. The first-order valence-electron chi connectivity index (χ1n) is 5.90. The number of hydrogen-bond donors (Lipinski definition) is 1. The summed E-state index contributed by atoms with van der Waals surface area (Å²) in [7, 11) is 0. The first kappa shape index (κ1) is 14.2. The Kier molecular flexibility index (Phi) is 5.30. The topological polar surface area (TPSA) is 49.4 Å². The molecular weight excluding hydrogens is 235 g/mol. The second-order valence-corrected chi connectivity index (χ2v) is 3.73. The minimum Gasteiger partial charge on any atom is -0.343 e. The van der Waals surface area contributed by atoms with E-state index >= 15 is 0 Å². The third kappa shape index (κ3) is 3.55. The average molecular weight is 252 g/mol. The summed E-state index contributed by atoms with van der Waals surface area (Å²) in [5.74, 6) is -1.34.